The third-order valence-electron chi connectivity index (χ3n) is 6.26. The smallest absolute Gasteiger partial charge is 0.256 e. The van der Waals surface area contributed by atoms with Crippen LogP contribution in [0.3, 0.4) is 0 Å². The van der Waals surface area contributed by atoms with Gasteiger partial charge >= 0.3 is 0 Å². The summed E-state index contributed by atoms with van der Waals surface area (Å²) in [5, 5.41) is 20.3. The van der Waals surface area contributed by atoms with E-state index in [0.717, 1.165) is 42.1 Å². The number of nitrogens with one attached hydrogen (secondary N) is 4. The van der Waals surface area contributed by atoms with Gasteiger partial charge in [-0.05, 0) is 57.5 Å². The highest BCUT2D eigenvalue weighted by molar-refractivity contribution is 6.34. The number of rotatable bonds is 6. The standard InChI is InChI=1S/C24H32FN5O2/c1-13-11-30(12-14(2)27-13)8-7-26-24(32)22-15(3)21(28-16(22)4)10-19-18-9-17(25)5-6-20(18)29-23(19)31/h5-6,9-10,13-14,24,26-28,32H,7-8,11-12H2,1-4H3,(H,29,31)/b19-10-. The number of hydrogen-bond donors (Lipinski definition) is 5. The molecule has 3 atom stereocenters. The minimum Gasteiger partial charge on any atom is -0.374 e. The number of halogens is 1. The Morgan fingerprint density at radius 2 is 2.00 bits per heavy atom. The highest BCUT2D eigenvalue weighted by Gasteiger charge is 2.26. The molecule has 1 aromatic heterocycles. The van der Waals surface area contributed by atoms with Gasteiger partial charge in [0, 0.05) is 66.5 Å². The van der Waals surface area contributed by atoms with Crippen LogP contribution in [-0.4, -0.2) is 59.2 Å². The molecule has 172 valence electrons. The zero-order chi connectivity index (χ0) is 23.0. The third kappa shape index (κ3) is 4.63. The molecule has 1 fully saturated rings. The Morgan fingerprint density at radius 3 is 2.72 bits per heavy atom. The fourth-order valence-corrected chi connectivity index (χ4v) is 4.88. The molecule has 32 heavy (non-hydrogen) atoms. The van der Waals surface area contributed by atoms with Crippen molar-refractivity contribution in [2.45, 2.75) is 46.0 Å². The molecule has 3 unspecified atom stereocenters. The monoisotopic (exact) mass is 441 g/mol. The number of carbonyl (C=O) groups excluding carboxylic acids is 1. The van der Waals surface area contributed by atoms with E-state index in [1.54, 1.807) is 12.1 Å². The first-order valence-corrected chi connectivity index (χ1v) is 11.1. The van der Waals surface area contributed by atoms with Gasteiger partial charge in [-0.25, -0.2) is 4.39 Å². The van der Waals surface area contributed by atoms with E-state index in [1.807, 2.05) is 13.8 Å². The summed E-state index contributed by atoms with van der Waals surface area (Å²) in [5.74, 6) is -0.656. The molecule has 1 aromatic carbocycles. The number of amides is 1. The lowest BCUT2D eigenvalue weighted by atomic mass is 10.0. The number of piperazine rings is 1. The van der Waals surface area contributed by atoms with E-state index in [4.69, 9.17) is 0 Å². The lowest BCUT2D eigenvalue weighted by Gasteiger charge is -2.36. The van der Waals surface area contributed by atoms with E-state index in [-0.39, 0.29) is 11.7 Å². The topological polar surface area (TPSA) is 92.4 Å². The van der Waals surface area contributed by atoms with Gasteiger partial charge in [0.2, 0.25) is 0 Å². The molecule has 2 aromatic rings. The van der Waals surface area contributed by atoms with Crippen LogP contribution in [0.15, 0.2) is 18.2 Å². The highest BCUT2D eigenvalue weighted by atomic mass is 19.1. The largest absolute Gasteiger partial charge is 0.374 e. The molecule has 8 heteroatoms. The number of aryl methyl sites for hydroxylation is 1. The van der Waals surface area contributed by atoms with Crippen molar-refractivity contribution in [2.75, 3.05) is 31.5 Å². The molecule has 0 spiro atoms. The van der Waals surface area contributed by atoms with Crippen LogP contribution in [-0.2, 0) is 4.79 Å². The maximum Gasteiger partial charge on any atom is 0.256 e. The third-order valence-corrected chi connectivity index (χ3v) is 6.26. The van der Waals surface area contributed by atoms with Crippen molar-refractivity contribution in [3.63, 3.8) is 0 Å². The van der Waals surface area contributed by atoms with Crippen LogP contribution in [0.2, 0.25) is 0 Å². The quantitative estimate of drug-likeness (QED) is 0.351. The van der Waals surface area contributed by atoms with E-state index in [0.29, 0.717) is 35.5 Å². The molecule has 1 amide bonds. The van der Waals surface area contributed by atoms with Crippen LogP contribution in [0.25, 0.3) is 11.6 Å². The van der Waals surface area contributed by atoms with Gasteiger partial charge in [-0.1, -0.05) is 0 Å². The van der Waals surface area contributed by atoms with Gasteiger partial charge in [-0.3, -0.25) is 15.0 Å². The summed E-state index contributed by atoms with van der Waals surface area (Å²) in [6.45, 7) is 11.7. The van der Waals surface area contributed by atoms with E-state index < -0.39 is 6.23 Å². The molecule has 2 aliphatic rings. The van der Waals surface area contributed by atoms with Crippen molar-refractivity contribution in [3.05, 3.63) is 52.1 Å². The Kier molecular flexibility index (Phi) is 6.48. The number of aromatic amines is 1. The van der Waals surface area contributed by atoms with Gasteiger partial charge in [0.25, 0.3) is 5.91 Å². The maximum atomic E-state index is 13.7. The summed E-state index contributed by atoms with van der Waals surface area (Å²) in [6, 6.07) is 5.17. The van der Waals surface area contributed by atoms with Gasteiger partial charge in [0.15, 0.2) is 0 Å². The number of anilines is 1. The Bertz CT molecular complexity index is 1040. The van der Waals surface area contributed by atoms with Crippen LogP contribution in [0.5, 0.6) is 0 Å². The summed E-state index contributed by atoms with van der Waals surface area (Å²) < 4.78 is 13.7. The van der Waals surface area contributed by atoms with E-state index in [1.165, 1.54) is 12.1 Å². The van der Waals surface area contributed by atoms with Crippen molar-refractivity contribution in [2.24, 2.45) is 0 Å². The number of benzene rings is 1. The number of H-pyrrole nitrogens is 1. The number of aliphatic hydroxyl groups excluding tert-OH is 1. The molecule has 2 aliphatic heterocycles. The molecular weight excluding hydrogens is 409 g/mol. The second-order valence-electron chi connectivity index (χ2n) is 8.99. The molecule has 7 nitrogen and oxygen atoms in total. The van der Waals surface area contributed by atoms with Gasteiger partial charge in [0.05, 0.1) is 5.57 Å². The summed E-state index contributed by atoms with van der Waals surface area (Å²) in [7, 11) is 0. The number of hydrogen-bond acceptors (Lipinski definition) is 5. The lowest BCUT2D eigenvalue weighted by Crippen LogP contribution is -2.55. The first-order valence-electron chi connectivity index (χ1n) is 11.1. The number of aliphatic hydroxyl groups is 1. The van der Waals surface area contributed by atoms with Gasteiger partial charge in [0.1, 0.15) is 12.0 Å². The summed E-state index contributed by atoms with van der Waals surface area (Å²) in [6.07, 6.45) is 0.904. The normalized spacial score (nSPS) is 23.4. The molecule has 1 saturated heterocycles. The van der Waals surface area contributed by atoms with E-state index >= 15 is 0 Å². The number of nitrogens with zero attached hydrogens (tertiary/aromatic N) is 1. The minimum absolute atomic E-state index is 0.267. The molecule has 0 bridgehead atoms. The predicted molar refractivity (Wildman–Crippen MR) is 125 cm³/mol. The Balaban J connectivity index is 1.47. The first kappa shape index (κ1) is 22.7. The van der Waals surface area contributed by atoms with E-state index in [2.05, 4.69) is 39.7 Å². The zero-order valence-corrected chi connectivity index (χ0v) is 19.1. The van der Waals surface area contributed by atoms with Crippen LogP contribution in [0.1, 0.15) is 48.2 Å². The fraction of sp³-hybridized carbons (Fsp3) is 0.458. The van der Waals surface area contributed by atoms with Crippen molar-refractivity contribution in [1.29, 1.82) is 0 Å². The summed E-state index contributed by atoms with van der Waals surface area (Å²) in [4.78, 5) is 18.1. The maximum absolute atomic E-state index is 13.7. The van der Waals surface area contributed by atoms with Gasteiger partial charge < -0.3 is 20.7 Å². The SMILES string of the molecule is Cc1[nH]c(/C=C2\C(=O)Nc3ccc(F)cc32)c(C)c1C(O)NCCN1CC(C)NC(C)C1. The molecule has 3 heterocycles. The summed E-state index contributed by atoms with van der Waals surface area (Å²) >= 11 is 0. The lowest BCUT2D eigenvalue weighted by molar-refractivity contribution is -0.110. The fourth-order valence-electron chi connectivity index (χ4n) is 4.88. The average Bonchev–Trinajstić information content (AvgIpc) is 3.16. The van der Waals surface area contributed by atoms with Crippen LogP contribution >= 0.6 is 0 Å². The Morgan fingerprint density at radius 1 is 1.28 bits per heavy atom. The predicted octanol–water partition coefficient (Wildman–Crippen LogP) is 2.53. The highest BCUT2D eigenvalue weighted by Crippen LogP contribution is 2.35. The van der Waals surface area contributed by atoms with Crippen molar-refractivity contribution in [1.82, 2.24) is 20.5 Å². The number of carbonyl (C=O) groups is 1. The minimum atomic E-state index is -0.821. The van der Waals surface area contributed by atoms with E-state index in [9.17, 15) is 14.3 Å². The second kappa shape index (κ2) is 9.15. The van der Waals surface area contributed by atoms with Gasteiger partial charge in [-0.15, -0.1) is 0 Å². The Labute approximate surface area is 188 Å². The molecule has 4 rings (SSSR count). The first-order chi connectivity index (χ1) is 15.2. The molecule has 0 aliphatic carbocycles. The molecule has 0 saturated carbocycles. The average molecular weight is 442 g/mol. The van der Waals surface area contributed by atoms with Crippen molar-refractivity contribution < 1.29 is 14.3 Å². The molecule has 0 radical (unpaired) electrons. The molecular formula is C24H32FN5O2. The Hall–Kier alpha value is -2.52. The number of aromatic nitrogens is 1. The van der Waals surface area contributed by atoms with Crippen LogP contribution < -0.4 is 16.0 Å². The van der Waals surface area contributed by atoms with Crippen molar-refractivity contribution in [3.8, 4) is 0 Å². The summed E-state index contributed by atoms with van der Waals surface area (Å²) in [5.41, 5.74) is 4.74. The van der Waals surface area contributed by atoms with Crippen LogP contribution in [0.4, 0.5) is 10.1 Å². The molecule has 5 N–H and O–H groups in total. The van der Waals surface area contributed by atoms with Gasteiger partial charge in [-0.2, -0.15) is 0 Å². The second-order valence-corrected chi connectivity index (χ2v) is 8.99. The van der Waals surface area contributed by atoms with Crippen molar-refractivity contribution >= 4 is 23.2 Å². The zero-order valence-electron chi connectivity index (χ0n) is 19.1. The van der Waals surface area contributed by atoms with Crippen LogP contribution in [0, 0.1) is 19.7 Å². The number of fused-ring (bicyclic) bond motifs is 1.